The molecule has 1 aliphatic heterocycles. The third-order valence-electron chi connectivity index (χ3n) is 1.26. The quantitative estimate of drug-likeness (QED) is 0.436. The van der Waals surface area contributed by atoms with E-state index >= 15 is 0 Å². The van der Waals surface area contributed by atoms with Gasteiger partial charge in [0.1, 0.15) is 0 Å². The van der Waals surface area contributed by atoms with Gasteiger partial charge < -0.3 is 0 Å². The van der Waals surface area contributed by atoms with E-state index in [2.05, 4.69) is 12.1 Å². The molecule has 0 amide bonds. The molecule has 1 fully saturated rings. The van der Waals surface area contributed by atoms with E-state index in [1.165, 1.54) is 17.6 Å². The Bertz CT molecular complexity index is 193. The first-order valence-corrected chi connectivity index (χ1v) is 3.64. The highest BCUT2D eigenvalue weighted by molar-refractivity contribution is 8.00. The summed E-state index contributed by atoms with van der Waals surface area (Å²) in [4.78, 5) is 0. The maximum atomic E-state index is 5.01. The summed E-state index contributed by atoms with van der Waals surface area (Å²) in [6.45, 7) is 0. The van der Waals surface area contributed by atoms with Crippen LogP contribution in [0.1, 0.15) is 11.0 Å². The fourth-order valence-corrected chi connectivity index (χ4v) is 1.18. The number of hydrogen-bond donors (Lipinski definition) is 0. The van der Waals surface area contributed by atoms with Crippen LogP contribution in [0.2, 0.25) is 0 Å². The van der Waals surface area contributed by atoms with Crippen LogP contribution in [0.5, 0.6) is 0 Å². The minimum absolute atomic E-state index is 0.325. The highest BCUT2D eigenvalue weighted by atomic mass is 32.2. The first-order valence-electron chi connectivity index (χ1n) is 2.84. The SMILES string of the molecule is c1ccc(C2OS2)cc1. The van der Waals surface area contributed by atoms with Gasteiger partial charge in [-0.25, -0.2) is 0 Å². The lowest BCUT2D eigenvalue weighted by Gasteiger charge is -1.88. The second kappa shape index (κ2) is 2.05. The Balaban J connectivity index is 2.29. The van der Waals surface area contributed by atoms with Crippen LogP contribution in [0.15, 0.2) is 30.3 Å². The Labute approximate surface area is 58.2 Å². The maximum absolute atomic E-state index is 5.01. The predicted molar refractivity (Wildman–Crippen MR) is 37.9 cm³/mol. The molecular weight excluding hydrogens is 132 g/mol. The molecule has 0 bridgehead atoms. The third kappa shape index (κ3) is 1.09. The van der Waals surface area contributed by atoms with Crippen LogP contribution in [0, 0.1) is 0 Å². The summed E-state index contributed by atoms with van der Waals surface area (Å²) in [6, 6.07) is 10.2. The number of benzene rings is 1. The zero-order valence-electron chi connectivity index (χ0n) is 4.78. The Morgan fingerprint density at radius 2 is 1.89 bits per heavy atom. The van der Waals surface area contributed by atoms with Crippen molar-refractivity contribution in [3.63, 3.8) is 0 Å². The molecule has 0 aromatic heterocycles. The number of hydrogen-bond acceptors (Lipinski definition) is 2. The van der Waals surface area contributed by atoms with Crippen molar-refractivity contribution in [2.75, 3.05) is 0 Å². The lowest BCUT2D eigenvalue weighted by atomic mass is 10.2. The first kappa shape index (κ1) is 5.33. The molecule has 9 heavy (non-hydrogen) atoms. The van der Waals surface area contributed by atoms with Crippen molar-refractivity contribution in [3.05, 3.63) is 35.9 Å². The smallest absolute Gasteiger partial charge is 0.168 e. The summed E-state index contributed by atoms with van der Waals surface area (Å²) in [5, 5.41) is 0. The average Bonchev–Trinajstić information content (AvgIpc) is 2.71. The Kier molecular flexibility index (Phi) is 1.21. The van der Waals surface area contributed by atoms with Crippen LogP contribution in [0.25, 0.3) is 0 Å². The van der Waals surface area contributed by atoms with Gasteiger partial charge in [-0.3, -0.25) is 4.18 Å². The molecule has 2 heteroatoms. The molecule has 1 saturated heterocycles. The van der Waals surface area contributed by atoms with Crippen molar-refractivity contribution in [3.8, 4) is 0 Å². The molecule has 0 saturated carbocycles. The molecule has 1 atom stereocenters. The average molecular weight is 138 g/mol. The van der Waals surface area contributed by atoms with Gasteiger partial charge in [-0.05, 0) is 5.56 Å². The second-order valence-corrected chi connectivity index (χ2v) is 2.75. The standard InChI is InChI=1S/C7H6OS/c1-2-4-6(5-3-1)7-8-9-7/h1-5,7H. The largest absolute Gasteiger partial charge is 0.291 e. The van der Waals surface area contributed by atoms with Crippen LogP contribution in [-0.2, 0) is 4.18 Å². The van der Waals surface area contributed by atoms with Gasteiger partial charge in [0.25, 0.3) is 0 Å². The molecule has 1 aliphatic rings. The van der Waals surface area contributed by atoms with E-state index in [4.69, 9.17) is 4.18 Å². The van der Waals surface area contributed by atoms with E-state index in [-0.39, 0.29) is 0 Å². The molecule has 1 aromatic carbocycles. The van der Waals surface area contributed by atoms with Crippen LogP contribution < -0.4 is 0 Å². The van der Waals surface area contributed by atoms with Crippen LogP contribution in [0.3, 0.4) is 0 Å². The van der Waals surface area contributed by atoms with Crippen LogP contribution in [0.4, 0.5) is 0 Å². The van der Waals surface area contributed by atoms with Gasteiger partial charge in [-0.1, -0.05) is 30.3 Å². The van der Waals surface area contributed by atoms with Crippen LogP contribution in [-0.4, -0.2) is 0 Å². The summed E-state index contributed by atoms with van der Waals surface area (Å²) in [7, 11) is 0. The van der Waals surface area contributed by atoms with Gasteiger partial charge in [-0.15, -0.1) is 0 Å². The zero-order valence-corrected chi connectivity index (χ0v) is 5.60. The van der Waals surface area contributed by atoms with E-state index < -0.39 is 0 Å². The fourth-order valence-electron chi connectivity index (χ4n) is 0.749. The molecular formula is C7H6OS. The molecule has 0 spiro atoms. The van der Waals surface area contributed by atoms with Crippen molar-refractivity contribution in [1.29, 1.82) is 0 Å². The molecule has 0 N–H and O–H groups in total. The first-order chi connectivity index (χ1) is 4.47. The third-order valence-corrected chi connectivity index (χ3v) is 1.92. The van der Waals surface area contributed by atoms with E-state index in [0.717, 1.165) is 0 Å². The van der Waals surface area contributed by atoms with E-state index in [0.29, 0.717) is 5.44 Å². The molecule has 1 unspecified atom stereocenters. The topological polar surface area (TPSA) is 12.5 Å². The molecule has 1 nitrogen and oxygen atoms in total. The molecule has 46 valence electrons. The minimum atomic E-state index is 0.325. The summed E-state index contributed by atoms with van der Waals surface area (Å²) in [5.41, 5.74) is 1.59. The predicted octanol–water partition coefficient (Wildman–Crippen LogP) is 2.36. The highest BCUT2D eigenvalue weighted by Gasteiger charge is 2.26. The summed E-state index contributed by atoms with van der Waals surface area (Å²) in [6.07, 6.45) is 0. The highest BCUT2D eigenvalue weighted by Crippen LogP contribution is 2.48. The normalized spacial score (nSPS) is 23.8. The van der Waals surface area contributed by atoms with Crippen molar-refractivity contribution in [2.24, 2.45) is 0 Å². The molecule has 0 aliphatic carbocycles. The Hall–Kier alpha value is -0.470. The molecule has 1 aromatic rings. The summed E-state index contributed by atoms with van der Waals surface area (Å²) < 4.78 is 5.01. The van der Waals surface area contributed by atoms with E-state index in [1.54, 1.807) is 0 Å². The van der Waals surface area contributed by atoms with Gasteiger partial charge in [0.05, 0.1) is 0 Å². The van der Waals surface area contributed by atoms with E-state index in [9.17, 15) is 0 Å². The second-order valence-electron chi connectivity index (χ2n) is 1.94. The molecule has 0 radical (unpaired) electrons. The lowest BCUT2D eigenvalue weighted by Crippen LogP contribution is -1.73. The molecule has 1 heterocycles. The van der Waals surface area contributed by atoms with Gasteiger partial charge in [0.15, 0.2) is 5.44 Å². The maximum Gasteiger partial charge on any atom is 0.168 e. The summed E-state index contributed by atoms with van der Waals surface area (Å²) in [5.74, 6) is 0. The fraction of sp³-hybridized carbons (Fsp3) is 0.143. The Morgan fingerprint density at radius 1 is 1.22 bits per heavy atom. The lowest BCUT2D eigenvalue weighted by molar-refractivity contribution is 0.474. The van der Waals surface area contributed by atoms with Gasteiger partial charge >= 0.3 is 0 Å². The zero-order chi connectivity index (χ0) is 6.10. The van der Waals surface area contributed by atoms with Crippen molar-refractivity contribution in [2.45, 2.75) is 5.44 Å². The minimum Gasteiger partial charge on any atom is -0.291 e. The number of rotatable bonds is 1. The van der Waals surface area contributed by atoms with Crippen molar-refractivity contribution >= 4 is 12.0 Å². The van der Waals surface area contributed by atoms with Crippen molar-refractivity contribution < 1.29 is 4.18 Å². The van der Waals surface area contributed by atoms with Gasteiger partial charge in [0, 0.05) is 12.0 Å². The monoisotopic (exact) mass is 138 g/mol. The Morgan fingerprint density at radius 3 is 2.44 bits per heavy atom. The van der Waals surface area contributed by atoms with E-state index in [1.807, 2.05) is 18.2 Å². The molecule has 2 rings (SSSR count). The van der Waals surface area contributed by atoms with Crippen LogP contribution >= 0.6 is 12.0 Å². The summed E-state index contributed by atoms with van der Waals surface area (Å²) >= 11 is 1.52. The van der Waals surface area contributed by atoms with Crippen molar-refractivity contribution in [1.82, 2.24) is 0 Å². The van der Waals surface area contributed by atoms with Gasteiger partial charge in [-0.2, -0.15) is 0 Å². The van der Waals surface area contributed by atoms with Gasteiger partial charge in [0.2, 0.25) is 0 Å².